The van der Waals surface area contributed by atoms with Crippen LogP contribution in [0.5, 0.6) is 0 Å². The second-order valence-corrected chi connectivity index (χ2v) is 8.76. The lowest BCUT2D eigenvalue weighted by Crippen LogP contribution is -2.33. The first-order valence-corrected chi connectivity index (χ1v) is 10.9. The van der Waals surface area contributed by atoms with E-state index in [9.17, 15) is 9.18 Å². The molecule has 6 nitrogen and oxygen atoms in total. The number of fused-ring (bicyclic) bond motifs is 3. The Bertz CT molecular complexity index is 1210. The fourth-order valence-corrected chi connectivity index (χ4v) is 5.30. The molecule has 0 saturated heterocycles. The van der Waals surface area contributed by atoms with Crippen molar-refractivity contribution >= 4 is 21.6 Å². The van der Waals surface area contributed by atoms with Crippen molar-refractivity contribution in [3.8, 4) is 0 Å². The molecule has 0 amide bonds. The number of imidazole rings is 1. The second-order valence-electron chi connectivity index (χ2n) is 7.67. The third-order valence-corrected chi connectivity index (χ3v) is 6.86. The summed E-state index contributed by atoms with van der Waals surface area (Å²) in [6, 6.07) is 6.95. The lowest BCUT2D eigenvalue weighted by molar-refractivity contribution is 0.462. The van der Waals surface area contributed by atoms with Crippen LogP contribution in [0.25, 0.3) is 10.2 Å². The molecule has 1 aliphatic carbocycles. The van der Waals surface area contributed by atoms with Gasteiger partial charge in [0.15, 0.2) is 0 Å². The first-order valence-electron chi connectivity index (χ1n) is 10.1. The number of nitrogens with zero attached hydrogens (tertiary/aromatic N) is 4. The zero-order chi connectivity index (χ0) is 20.5. The van der Waals surface area contributed by atoms with Gasteiger partial charge in [0, 0.05) is 42.9 Å². The highest BCUT2D eigenvalue weighted by molar-refractivity contribution is 7.18. The first kappa shape index (κ1) is 19.1. The highest BCUT2D eigenvalue weighted by atomic mass is 32.1. The van der Waals surface area contributed by atoms with Gasteiger partial charge in [0.05, 0.1) is 18.0 Å². The number of halogens is 1. The standard InChI is InChI=1S/C22H22FN5OS/c23-16-3-1-15(2-4-16)12-25-17-5-6-18-19(11-17)30-21-20(18)22(29)28(14-26-21)10-9-27-8-7-24-13-27/h1-4,7-8,13-14,17,25H,5-6,9-12H2. The minimum absolute atomic E-state index is 0.0512. The molecular weight excluding hydrogens is 401 g/mol. The van der Waals surface area contributed by atoms with Crippen molar-refractivity contribution in [2.45, 2.75) is 44.9 Å². The zero-order valence-corrected chi connectivity index (χ0v) is 17.2. The molecule has 0 saturated carbocycles. The maximum Gasteiger partial charge on any atom is 0.262 e. The van der Waals surface area contributed by atoms with Gasteiger partial charge >= 0.3 is 0 Å². The lowest BCUT2D eigenvalue weighted by atomic mass is 9.93. The smallest absolute Gasteiger partial charge is 0.262 e. The van der Waals surface area contributed by atoms with Crippen molar-refractivity contribution in [3.63, 3.8) is 0 Å². The molecule has 1 atom stereocenters. The third kappa shape index (κ3) is 3.80. The van der Waals surface area contributed by atoms with E-state index in [1.807, 2.05) is 22.9 Å². The molecule has 0 aliphatic heterocycles. The van der Waals surface area contributed by atoms with Gasteiger partial charge in [-0.1, -0.05) is 12.1 Å². The zero-order valence-electron chi connectivity index (χ0n) is 16.4. The van der Waals surface area contributed by atoms with Gasteiger partial charge < -0.3 is 9.88 Å². The number of benzene rings is 1. The van der Waals surface area contributed by atoms with E-state index in [-0.39, 0.29) is 11.4 Å². The minimum Gasteiger partial charge on any atom is -0.336 e. The molecule has 0 spiro atoms. The van der Waals surface area contributed by atoms with Gasteiger partial charge in [-0.3, -0.25) is 9.36 Å². The molecule has 4 aromatic rings. The van der Waals surface area contributed by atoms with Crippen molar-refractivity contribution in [2.75, 3.05) is 0 Å². The maximum absolute atomic E-state index is 13.1. The average molecular weight is 424 g/mol. The van der Waals surface area contributed by atoms with E-state index in [4.69, 9.17) is 0 Å². The predicted octanol–water partition coefficient (Wildman–Crippen LogP) is 3.14. The van der Waals surface area contributed by atoms with Gasteiger partial charge in [-0.15, -0.1) is 11.3 Å². The van der Waals surface area contributed by atoms with Gasteiger partial charge in [-0.05, 0) is 42.5 Å². The van der Waals surface area contributed by atoms with E-state index < -0.39 is 0 Å². The number of hydrogen-bond acceptors (Lipinski definition) is 5. The van der Waals surface area contributed by atoms with E-state index in [0.717, 1.165) is 35.0 Å². The van der Waals surface area contributed by atoms with E-state index in [1.54, 1.807) is 34.8 Å². The molecule has 1 aliphatic rings. The predicted molar refractivity (Wildman–Crippen MR) is 115 cm³/mol. The van der Waals surface area contributed by atoms with Crippen LogP contribution in [-0.4, -0.2) is 25.1 Å². The molecule has 1 N–H and O–H groups in total. The fourth-order valence-electron chi connectivity index (χ4n) is 4.04. The summed E-state index contributed by atoms with van der Waals surface area (Å²) in [7, 11) is 0. The Morgan fingerprint density at radius 3 is 2.87 bits per heavy atom. The Morgan fingerprint density at radius 2 is 2.07 bits per heavy atom. The molecule has 5 rings (SSSR count). The largest absolute Gasteiger partial charge is 0.336 e. The van der Waals surface area contributed by atoms with Crippen LogP contribution in [0, 0.1) is 5.82 Å². The summed E-state index contributed by atoms with van der Waals surface area (Å²) in [6.45, 7) is 1.98. The van der Waals surface area contributed by atoms with E-state index in [1.165, 1.54) is 22.6 Å². The summed E-state index contributed by atoms with van der Waals surface area (Å²) in [5.74, 6) is -0.213. The quantitative estimate of drug-likeness (QED) is 0.518. The van der Waals surface area contributed by atoms with Crippen molar-refractivity contribution in [1.82, 2.24) is 24.4 Å². The van der Waals surface area contributed by atoms with Crippen LogP contribution in [0.4, 0.5) is 4.39 Å². The molecule has 3 aromatic heterocycles. The molecule has 154 valence electrons. The van der Waals surface area contributed by atoms with E-state index in [0.29, 0.717) is 25.7 Å². The Labute approximate surface area is 177 Å². The normalized spacial score (nSPS) is 16.1. The van der Waals surface area contributed by atoms with Crippen molar-refractivity contribution in [1.29, 1.82) is 0 Å². The molecular formula is C22H22FN5OS. The van der Waals surface area contributed by atoms with Gasteiger partial charge in [-0.25, -0.2) is 14.4 Å². The van der Waals surface area contributed by atoms with Gasteiger partial charge in [0.25, 0.3) is 5.56 Å². The van der Waals surface area contributed by atoms with Crippen molar-refractivity contribution in [2.24, 2.45) is 0 Å². The molecule has 1 aromatic carbocycles. The Kier molecular flexibility index (Phi) is 5.18. The minimum atomic E-state index is -0.213. The Balaban J connectivity index is 1.32. The SMILES string of the molecule is O=c1c2c3c(sc2ncn1CCn1ccnc1)CC(NCc1ccc(F)cc1)CC3. The number of aromatic nitrogens is 4. The third-order valence-electron chi connectivity index (χ3n) is 5.70. The molecule has 0 bridgehead atoms. The van der Waals surface area contributed by atoms with Crippen molar-refractivity contribution in [3.05, 3.63) is 81.5 Å². The van der Waals surface area contributed by atoms with Crippen LogP contribution in [0.2, 0.25) is 0 Å². The summed E-state index contributed by atoms with van der Waals surface area (Å²) in [5.41, 5.74) is 2.29. The maximum atomic E-state index is 13.1. The van der Waals surface area contributed by atoms with Gasteiger partial charge in [0.2, 0.25) is 0 Å². The van der Waals surface area contributed by atoms with Crippen LogP contribution in [0.3, 0.4) is 0 Å². The van der Waals surface area contributed by atoms with Gasteiger partial charge in [-0.2, -0.15) is 0 Å². The summed E-state index contributed by atoms with van der Waals surface area (Å²) >= 11 is 1.64. The topological polar surface area (TPSA) is 64.7 Å². The van der Waals surface area contributed by atoms with Crippen LogP contribution >= 0.6 is 11.3 Å². The number of thiophene rings is 1. The highest BCUT2D eigenvalue weighted by Gasteiger charge is 2.25. The van der Waals surface area contributed by atoms with Crippen LogP contribution in [0.1, 0.15) is 22.4 Å². The number of rotatable bonds is 6. The Hall–Kier alpha value is -2.84. The number of nitrogens with one attached hydrogen (secondary N) is 1. The fraction of sp³-hybridized carbons (Fsp3) is 0.318. The number of hydrogen-bond donors (Lipinski definition) is 1. The molecule has 3 heterocycles. The number of aryl methyl sites for hydroxylation is 3. The first-order chi connectivity index (χ1) is 14.7. The van der Waals surface area contributed by atoms with Gasteiger partial charge in [0.1, 0.15) is 10.6 Å². The summed E-state index contributed by atoms with van der Waals surface area (Å²) in [5, 5.41) is 4.37. The monoisotopic (exact) mass is 423 g/mol. The highest BCUT2D eigenvalue weighted by Crippen LogP contribution is 2.33. The summed E-state index contributed by atoms with van der Waals surface area (Å²) < 4.78 is 16.7. The summed E-state index contributed by atoms with van der Waals surface area (Å²) in [6.07, 6.45) is 9.78. The summed E-state index contributed by atoms with van der Waals surface area (Å²) in [4.78, 5) is 23.8. The molecule has 30 heavy (non-hydrogen) atoms. The Morgan fingerprint density at radius 1 is 1.20 bits per heavy atom. The van der Waals surface area contributed by atoms with Crippen LogP contribution in [0.15, 0.2) is 54.1 Å². The van der Waals surface area contributed by atoms with E-state index >= 15 is 0 Å². The van der Waals surface area contributed by atoms with E-state index in [2.05, 4.69) is 15.3 Å². The van der Waals surface area contributed by atoms with Crippen molar-refractivity contribution < 1.29 is 4.39 Å². The molecule has 0 fully saturated rings. The molecule has 8 heteroatoms. The van der Waals surface area contributed by atoms with Crippen LogP contribution in [-0.2, 0) is 32.5 Å². The second kappa shape index (κ2) is 8.12. The lowest BCUT2D eigenvalue weighted by Gasteiger charge is -2.23. The van der Waals surface area contributed by atoms with Crippen LogP contribution < -0.4 is 10.9 Å². The average Bonchev–Trinajstić information content (AvgIpc) is 3.40. The molecule has 1 unspecified atom stereocenters. The molecule has 0 radical (unpaired) electrons.